The summed E-state index contributed by atoms with van der Waals surface area (Å²) in [5.74, 6) is 1.58. The summed E-state index contributed by atoms with van der Waals surface area (Å²) in [6.07, 6.45) is 1.63. The highest BCUT2D eigenvalue weighted by molar-refractivity contribution is 7.98. The van der Waals surface area contributed by atoms with Crippen LogP contribution in [0.25, 0.3) is 0 Å². The number of halogens is 1. The number of benzene rings is 1. The van der Waals surface area contributed by atoms with Gasteiger partial charge in [0.05, 0.1) is 5.92 Å². The molecule has 1 aliphatic rings. The summed E-state index contributed by atoms with van der Waals surface area (Å²) < 4.78 is 0. The van der Waals surface area contributed by atoms with Crippen LogP contribution in [0.4, 0.5) is 4.79 Å². The van der Waals surface area contributed by atoms with Crippen molar-refractivity contribution in [1.82, 2.24) is 10.2 Å². The standard InChI is InChI=1S/C16H22ClN3O2S/c17-14-5-1-3-12(9-14)11-23-8-6-19-15(21)13-4-2-7-20(10-13)16(18)22/h1,3,5,9,13H,2,4,6-8,10-11H2,(H2,18,22)(H,19,21)/t13-/m0/s1. The van der Waals surface area contributed by atoms with E-state index in [0.717, 1.165) is 29.4 Å². The Bertz CT molecular complexity index is 556. The lowest BCUT2D eigenvalue weighted by atomic mass is 9.97. The molecule has 0 radical (unpaired) electrons. The Balaban J connectivity index is 1.64. The fraction of sp³-hybridized carbons (Fsp3) is 0.500. The number of carbonyl (C=O) groups excluding carboxylic acids is 2. The molecule has 7 heteroatoms. The van der Waals surface area contributed by atoms with Crippen molar-refractivity contribution in [2.24, 2.45) is 11.7 Å². The quantitative estimate of drug-likeness (QED) is 0.770. The number of amides is 3. The van der Waals surface area contributed by atoms with Crippen molar-refractivity contribution in [3.8, 4) is 0 Å². The van der Waals surface area contributed by atoms with Gasteiger partial charge in [-0.15, -0.1) is 0 Å². The molecule has 0 spiro atoms. The summed E-state index contributed by atoms with van der Waals surface area (Å²) in [4.78, 5) is 24.9. The molecule has 1 aromatic rings. The van der Waals surface area contributed by atoms with Crippen LogP contribution < -0.4 is 11.1 Å². The summed E-state index contributed by atoms with van der Waals surface area (Å²) in [6.45, 7) is 1.70. The highest BCUT2D eigenvalue weighted by Crippen LogP contribution is 2.17. The molecule has 1 heterocycles. The fourth-order valence-corrected chi connectivity index (χ4v) is 3.62. The van der Waals surface area contributed by atoms with Gasteiger partial charge in [-0.1, -0.05) is 23.7 Å². The Morgan fingerprint density at radius 1 is 1.43 bits per heavy atom. The van der Waals surface area contributed by atoms with Gasteiger partial charge in [0.2, 0.25) is 5.91 Å². The lowest BCUT2D eigenvalue weighted by Gasteiger charge is -2.30. The number of thioether (sulfide) groups is 1. The van der Waals surface area contributed by atoms with Crippen LogP contribution in [-0.2, 0) is 10.5 Å². The first kappa shape index (κ1) is 17.9. The molecule has 3 amide bonds. The molecule has 0 saturated carbocycles. The molecule has 126 valence electrons. The van der Waals surface area contributed by atoms with Gasteiger partial charge in [0.15, 0.2) is 0 Å². The zero-order chi connectivity index (χ0) is 16.7. The highest BCUT2D eigenvalue weighted by Gasteiger charge is 2.26. The van der Waals surface area contributed by atoms with Crippen LogP contribution in [0.3, 0.4) is 0 Å². The fourth-order valence-electron chi connectivity index (χ4n) is 2.60. The number of likely N-dealkylation sites (tertiary alicyclic amines) is 1. The van der Waals surface area contributed by atoms with E-state index in [4.69, 9.17) is 17.3 Å². The van der Waals surface area contributed by atoms with Crippen LogP contribution >= 0.6 is 23.4 Å². The number of nitrogens with two attached hydrogens (primary N) is 1. The normalized spacial score (nSPS) is 17.8. The maximum absolute atomic E-state index is 12.1. The van der Waals surface area contributed by atoms with Gasteiger partial charge < -0.3 is 16.0 Å². The smallest absolute Gasteiger partial charge is 0.314 e. The third kappa shape index (κ3) is 5.95. The maximum atomic E-state index is 12.1. The number of hydrogen-bond acceptors (Lipinski definition) is 3. The van der Waals surface area contributed by atoms with Crippen LogP contribution in [0, 0.1) is 5.92 Å². The van der Waals surface area contributed by atoms with E-state index in [1.54, 1.807) is 16.7 Å². The van der Waals surface area contributed by atoms with Gasteiger partial charge in [0, 0.05) is 36.2 Å². The van der Waals surface area contributed by atoms with Crippen molar-refractivity contribution < 1.29 is 9.59 Å². The van der Waals surface area contributed by atoms with E-state index in [-0.39, 0.29) is 11.8 Å². The Hall–Kier alpha value is -1.40. The zero-order valence-electron chi connectivity index (χ0n) is 13.0. The second kappa shape index (κ2) is 9.03. The van der Waals surface area contributed by atoms with Crippen molar-refractivity contribution >= 4 is 35.3 Å². The summed E-state index contributed by atoms with van der Waals surface area (Å²) in [5, 5.41) is 3.69. The number of rotatable bonds is 6. The summed E-state index contributed by atoms with van der Waals surface area (Å²) in [5.41, 5.74) is 6.46. The monoisotopic (exact) mass is 355 g/mol. The molecule has 0 bridgehead atoms. The Kier molecular flexibility index (Phi) is 7.05. The minimum atomic E-state index is -0.445. The molecule has 1 aliphatic heterocycles. The molecular formula is C16H22ClN3O2S. The van der Waals surface area contributed by atoms with Gasteiger partial charge in [0.25, 0.3) is 0 Å². The molecule has 0 aromatic heterocycles. The first-order valence-corrected chi connectivity index (χ1v) is 9.24. The molecule has 1 atom stereocenters. The molecule has 1 saturated heterocycles. The van der Waals surface area contributed by atoms with Crippen molar-refractivity contribution in [3.05, 3.63) is 34.9 Å². The lowest BCUT2D eigenvalue weighted by Crippen LogP contribution is -2.47. The summed E-state index contributed by atoms with van der Waals surface area (Å²) in [6, 6.07) is 7.34. The predicted molar refractivity (Wildman–Crippen MR) is 94.5 cm³/mol. The predicted octanol–water partition coefficient (Wildman–Crippen LogP) is 2.48. The number of carbonyl (C=O) groups is 2. The first-order valence-electron chi connectivity index (χ1n) is 7.70. The topological polar surface area (TPSA) is 75.4 Å². The van der Waals surface area contributed by atoms with E-state index in [1.165, 1.54) is 5.56 Å². The summed E-state index contributed by atoms with van der Waals surface area (Å²) in [7, 11) is 0. The number of nitrogens with one attached hydrogen (secondary N) is 1. The van der Waals surface area contributed by atoms with Gasteiger partial charge in [-0.2, -0.15) is 11.8 Å². The van der Waals surface area contributed by atoms with E-state index < -0.39 is 6.03 Å². The second-order valence-corrected chi connectivity index (χ2v) is 7.14. The molecule has 23 heavy (non-hydrogen) atoms. The molecular weight excluding hydrogens is 334 g/mol. The minimum Gasteiger partial charge on any atom is -0.355 e. The molecule has 3 N–H and O–H groups in total. The molecule has 0 aliphatic carbocycles. The summed E-state index contributed by atoms with van der Waals surface area (Å²) >= 11 is 7.69. The third-order valence-corrected chi connectivity index (χ3v) is 5.07. The van der Waals surface area contributed by atoms with Crippen LogP contribution in [0.5, 0.6) is 0 Å². The Morgan fingerprint density at radius 3 is 3.00 bits per heavy atom. The van der Waals surface area contributed by atoms with E-state index in [9.17, 15) is 9.59 Å². The lowest BCUT2D eigenvalue weighted by molar-refractivity contribution is -0.126. The second-order valence-electron chi connectivity index (χ2n) is 5.60. The SMILES string of the molecule is NC(=O)N1CCC[C@H](C(=O)NCCSCc2cccc(Cl)c2)C1. The van der Waals surface area contributed by atoms with E-state index >= 15 is 0 Å². The average Bonchev–Trinajstić information content (AvgIpc) is 2.54. The van der Waals surface area contributed by atoms with E-state index in [2.05, 4.69) is 5.32 Å². The van der Waals surface area contributed by atoms with Gasteiger partial charge in [-0.05, 0) is 30.5 Å². The first-order chi connectivity index (χ1) is 11.1. The van der Waals surface area contributed by atoms with E-state index in [1.807, 2.05) is 24.3 Å². The highest BCUT2D eigenvalue weighted by atomic mass is 35.5. The van der Waals surface area contributed by atoms with Gasteiger partial charge in [-0.25, -0.2) is 4.79 Å². The van der Waals surface area contributed by atoms with Crippen molar-refractivity contribution in [3.63, 3.8) is 0 Å². The average molecular weight is 356 g/mol. The van der Waals surface area contributed by atoms with E-state index in [0.29, 0.717) is 19.6 Å². The third-order valence-electron chi connectivity index (χ3n) is 3.81. The molecule has 1 fully saturated rings. The largest absolute Gasteiger partial charge is 0.355 e. The molecule has 0 unspecified atom stereocenters. The number of hydrogen-bond donors (Lipinski definition) is 2. The van der Waals surface area contributed by atoms with Crippen LogP contribution in [-0.4, -0.2) is 42.2 Å². The van der Waals surface area contributed by atoms with Gasteiger partial charge in [-0.3, -0.25) is 4.79 Å². The Morgan fingerprint density at radius 2 is 2.26 bits per heavy atom. The van der Waals surface area contributed by atoms with Crippen LogP contribution in [0.2, 0.25) is 5.02 Å². The zero-order valence-corrected chi connectivity index (χ0v) is 14.5. The number of urea groups is 1. The number of nitrogens with zero attached hydrogens (tertiary/aromatic N) is 1. The van der Waals surface area contributed by atoms with Gasteiger partial charge >= 0.3 is 6.03 Å². The molecule has 5 nitrogen and oxygen atoms in total. The van der Waals surface area contributed by atoms with Crippen molar-refractivity contribution in [2.45, 2.75) is 18.6 Å². The molecule has 2 rings (SSSR count). The Labute approximate surface area is 145 Å². The van der Waals surface area contributed by atoms with Gasteiger partial charge in [0.1, 0.15) is 0 Å². The van der Waals surface area contributed by atoms with Crippen LogP contribution in [0.15, 0.2) is 24.3 Å². The van der Waals surface area contributed by atoms with Crippen molar-refractivity contribution in [2.75, 3.05) is 25.4 Å². The minimum absolute atomic E-state index is 0.0132. The molecule has 1 aromatic carbocycles. The number of primary amides is 1. The number of piperidine rings is 1. The van der Waals surface area contributed by atoms with Crippen LogP contribution in [0.1, 0.15) is 18.4 Å². The maximum Gasteiger partial charge on any atom is 0.314 e. The van der Waals surface area contributed by atoms with Crippen molar-refractivity contribution in [1.29, 1.82) is 0 Å².